The molecule has 0 saturated carbocycles. The average Bonchev–Trinajstić information content (AvgIpc) is 2.35. The Kier molecular flexibility index (Phi) is 4.77. The van der Waals surface area contributed by atoms with Gasteiger partial charge in [-0.25, -0.2) is 4.79 Å². The van der Waals surface area contributed by atoms with Crippen LogP contribution in [-0.2, 0) is 4.74 Å². The highest BCUT2D eigenvalue weighted by Gasteiger charge is 2.09. The molecule has 0 fully saturated rings. The van der Waals surface area contributed by atoms with Gasteiger partial charge in [0.25, 0.3) is 0 Å². The zero-order valence-corrected chi connectivity index (χ0v) is 9.90. The molecule has 1 aromatic carbocycles. The molecule has 0 bridgehead atoms. The molecule has 0 radical (unpaired) electrons. The molecular weight excluding hydrogens is 200 g/mol. The van der Waals surface area contributed by atoms with Crippen LogP contribution in [0.25, 0.3) is 0 Å². The Morgan fingerprint density at radius 1 is 1.44 bits per heavy atom. The van der Waals surface area contributed by atoms with Crippen LogP contribution >= 0.6 is 0 Å². The summed E-state index contributed by atoms with van der Waals surface area (Å²) in [5.74, 6) is 0.201. The molecule has 0 aliphatic rings. The second-order valence-electron chi connectivity index (χ2n) is 3.74. The maximum Gasteiger partial charge on any atom is 0.337 e. The predicted molar refractivity (Wildman–Crippen MR) is 65.6 cm³/mol. The van der Waals surface area contributed by atoms with Crippen LogP contribution in [0.5, 0.6) is 0 Å². The minimum Gasteiger partial charge on any atom is -0.465 e. The summed E-state index contributed by atoms with van der Waals surface area (Å²) in [7, 11) is 1.39. The lowest BCUT2D eigenvalue weighted by atomic mass is 9.93. The van der Waals surface area contributed by atoms with Gasteiger partial charge in [-0.1, -0.05) is 25.1 Å². The van der Waals surface area contributed by atoms with E-state index in [0.717, 1.165) is 12.8 Å². The predicted octanol–water partition coefficient (Wildman–Crippen LogP) is 3.54. The maximum atomic E-state index is 11.3. The van der Waals surface area contributed by atoms with E-state index in [4.69, 9.17) is 0 Å². The van der Waals surface area contributed by atoms with Gasteiger partial charge < -0.3 is 4.74 Å². The number of ether oxygens (including phenoxy) is 1. The van der Waals surface area contributed by atoms with E-state index >= 15 is 0 Å². The molecule has 16 heavy (non-hydrogen) atoms. The minimum atomic E-state index is -0.289. The maximum absolute atomic E-state index is 11.3. The van der Waals surface area contributed by atoms with E-state index in [1.807, 2.05) is 30.3 Å². The molecule has 0 unspecified atom stereocenters. The van der Waals surface area contributed by atoms with Gasteiger partial charge in [0.2, 0.25) is 0 Å². The van der Waals surface area contributed by atoms with Crippen LogP contribution in [0.4, 0.5) is 0 Å². The number of allylic oxidation sites excluding steroid dienone is 1. The van der Waals surface area contributed by atoms with Crippen LogP contribution in [0.15, 0.2) is 36.9 Å². The Labute approximate surface area is 96.9 Å². The van der Waals surface area contributed by atoms with Crippen LogP contribution in [0.3, 0.4) is 0 Å². The minimum absolute atomic E-state index is 0.289. The van der Waals surface area contributed by atoms with E-state index < -0.39 is 0 Å². The highest BCUT2D eigenvalue weighted by atomic mass is 16.5. The third-order valence-corrected chi connectivity index (χ3v) is 2.75. The number of esters is 1. The third-order valence-electron chi connectivity index (χ3n) is 2.75. The number of benzene rings is 1. The van der Waals surface area contributed by atoms with Gasteiger partial charge in [0, 0.05) is 0 Å². The number of carbonyl (C=O) groups excluding carboxylic acids is 1. The summed E-state index contributed by atoms with van der Waals surface area (Å²) in [6.45, 7) is 5.91. The molecule has 2 heteroatoms. The van der Waals surface area contributed by atoms with Crippen molar-refractivity contribution in [2.75, 3.05) is 7.11 Å². The zero-order chi connectivity index (χ0) is 12.0. The molecule has 0 spiro atoms. The quantitative estimate of drug-likeness (QED) is 0.558. The first-order chi connectivity index (χ1) is 7.72. The summed E-state index contributed by atoms with van der Waals surface area (Å²) in [4.78, 5) is 11.3. The van der Waals surface area contributed by atoms with Gasteiger partial charge >= 0.3 is 5.97 Å². The van der Waals surface area contributed by atoms with Gasteiger partial charge in [-0.05, 0) is 36.5 Å². The van der Waals surface area contributed by atoms with Gasteiger partial charge in [-0.15, -0.1) is 6.58 Å². The number of rotatable bonds is 5. The van der Waals surface area contributed by atoms with Crippen molar-refractivity contribution in [1.82, 2.24) is 0 Å². The normalized spacial score (nSPS) is 11.9. The highest BCUT2D eigenvalue weighted by Crippen LogP contribution is 2.23. The van der Waals surface area contributed by atoms with Crippen molar-refractivity contribution in [2.24, 2.45) is 0 Å². The van der Waals surface area contributed by atoms with E-state index in [9.17, 15) is 4.79 Å². The molecule has 0 N–H and O–H groups in total. The second kappa shape index (κ2) is 6.11. The first kappa shape index (κ1) is 12.5. The third kappa shape index (κ3) is 2.96. The number of methoxy groups -OCH3 is 1. The van der Waals surface area contributed by atoms with Gasteiger partial charge in [-0.2, -0.15) is 0 Å². The number of carbonyl (C=O) groups is 1. The van der Waals surface area contributed by atoms with E-state index in [1.54, 1.807) is 0 Å². The van der Waals surface area contributed by atoms with E-state index in [1.165, 1.54) is 12.7 Å². The van der Waals surface area contributed by atoms with Crippen molar-refractivity contribution >= 4 is 5.97 Å². The molecule has 0 aromatic heterocycles. The van der Waals surface area contributed by atoms with Crippen LogP contribution in [0, 0.1) is 0 Å². The molecule has 1 rings (SSSR count). The fourth-order valence-corrected chi connectivity index (χ4v) is 1.75. The molecule has 0 heterocycles. The van der Waals surface area contributed by atoms with E-state index in [2.05, 4.69) is 18.2 Å². The lowest BCUT2D eigenvalue weighted by molar-refractivity contribution is 0.0600. The Hall–Kier alpha value is -1.57. The zero-order valence-electron chi connectivity index (χ0n) is 9.90. The molecule has 0 aliphatic heterocycles. The van der Waals surface area contributed by atoms with E-state index in [0.29, 0.717) is 11.5 Å². The average molecular weight is 218 g/mol. The van der Waals surface area contributed by atoms with Gasteiger partial charge in [-0.3, -0.25) is 0 Å². The number of hydrogen-bond acceptors (Lipinski definition) is 2. The summed E-state index contributed by atoms with van der Waals surface area (Å²) in [6.07, 6.45) is 3.97. The van der Waals surface area contributed by atoms with Crippen LogP contribution in [0.2, 0.25) is 0 Å². The fraction of sp³-hybridized carbons (Fsp3) is 0.357. The highest BCUT2D eigenvalue weighted by molar-refractivity contribution is 5.89. The molecule has 0 amide bonds. The van der Waals surface area contributed by atoms with Crippen LogP contribution in [-0.4, -0.2) is 13.1 Å². The smallest absolute Gasteiger partial charge is 0.337 e. The molecule has 1 atom stereocenters. The van der Waals surface area contributed by atoms with Crippen LogP contribution < -0.4 is 0 Å². The first-order valence-corrected chi connectivity index (χ1v) is 5.52. The van der Waals surface area contributed by atoms with E-state index in [-0.39, 0.29) is 5.97 Å². The van der Waals surface area contributed by atoms with Crippen molar-refractivity contribution in [2.45, 2.75) is 25.7 Å². The summed E-state index contributed by atoms with van der Waals surface area (Å²) in [5.41, 5.74) is 1.84. The molecule has 86 valence electrons. The summed E-state index contributed by atoms with van der Waals surface area (Å²) >= 11 is 0. The van der Waals surface area contributed by atoms with Gasteiger partial charge in [0.15, 0.2) is 0 Å². The Morgan fingerprint density at radius 3 is 2.50 bits per heavy atom. The van der Waals surface area contributed by atoms with Crippen LogP contribution in [0.1, 0.15) is 41.6 Å². The molecular formula is C14H18O2. The van der Waals surface area contributed by atoms with Crippen molar-refractivity contribution < 1.29 is 9.53 Å². The summed E-state index contributed by atoms with van der Waals surface area (Å²) < 4.78 is 4.66. The number of hydrogen-bond donors (Lipinski definition) is 0. The molecule has 0 saturated heterocycles. The lowest BCUT2D eigenvalue weighted by Gasteiger charge is -2.13. The molecule has 0 aliphatic carbocycles. The summed E-state index contributed by atoms with van der Waals surface area (Å²) in [6, 6.07) is 7.60. The monoisotopic (exact) mass is 218 g/mol. The van der Waals surface area contributed by atoms with Crippen molar-refractivity contribution in [1.29, 1.82) is 0 Å². The van der Waals surface area contributed by atoms with Crippen molar-refractivity contribution in [3.63, 3.8) is 0 Å². The summed E-state index contributed by atoms with van der Waals surface area (Å²) in [5, 5.41) is 0. The standard InChI is InChI=1S/C14H18O2/c1-4-6-11(5-2)12-7-9-13(10-8-12)14(15)16-3/h4,7-11H,1,5-6H2,2-3H3/t11-/m1/s1. The Morgan fingerprint density at radius 2 is 2.06 bits per heavy atom. The Bertz CT molecular complexity index is 352. The topological polar surface area (TPSA) is 26.3 Å². The van der Waals surface area contributed by atoms with Crippen molar-refractivity contribution in [3.8, 4) is 0 Å². The van der Waals surface area contributed by atoms with Gasteiger partial charge in [0.05, 0.1) is 12.7 Å². The lowest BCUT2D eigenvalue weighted by Crippen LogP contribution is -2.02. The second-order valence-corrected chi connectivity index (χ2v) is 3.74. The fourth-order valence-electron chi connectivity index (χ4n) is 1.75. The van der Waals surface area contributed by atoms with Crippen molar-refractivity contribution in [3.05, 3.63) is 48.0 Å². The molecule has 2 nitrogen and oxygen atoms in total. The van der Waals surface area contributed by atoms with Gasteiger partial charge in [0.1, 0.15) is 0 Å². The largest absolute Gasteiger partial charge is 0.465 e. The Balaban J connectivity index is 2.84. The SMILES string of the molecule is C=CC[C@@H](CC)c1ccc(C(=O)OC)cc1. The first-order valence-electron chi connectivity index (χ1n) is 5.52. The molecule has 1 aromatic rings.